The van der Waals surface area contributed by atoms with Crippen molar-refractivity contribution in [1.29, 1.82) is 0 Å². The van der Waals surface area contributed by atoms with Gasteiger partial charge in [-0.05, 0) is 55.8 Å². The van der Waals surface area contributed by atoms with E-state index in [2.05, 4.69) is 48.5 Å². The molecule has 79 heavy (non-hydrogen) atoms. The van der Waals surface area contributed by atoms with E-state index in [1.165, 1.54) is 430 Å². The minimum Gasteiger partial charge on any atom is -0.389 e. The molecule has 0 spiro atoms. The highest BCUT2D eigenvalue weighted by atomic mass is 16.3. The Morgan fingerprint density at radius 2 is 0.241 bits per heavy atom. The SMILES string of the molecule is CCCCCCCCCCCCCCCC(CCCCCCCCCC)(CCCCCCCCCC)C(O)(CCCCCCCCCC)C(CCCCCCCCCC)(CCCCCCCCCC)CCCCCCCCCC. The number of unbranched alkanes of at least 4 members (excludes halogenated alkanes) is 54. The van der Waals surface area contributed by atoms with Gasteiger partial charge in [-0.2, -0.15) is 0 Å². The van der Waals surface area contributed by atoms with Crippen LogP contribution in [0, 0.1) is 10.8 Å². The van der Waals surface area contributed by atoms with Crippen LogP contribution in [0.15, 0.2) is 0 Å². The van der Waals surface area contributed by atoms with Crippen LogP contribution >= 0.6 is 0 Å². The number of aliphatic hydroxyl groups is 1. The molecule has 1 heteroatoms. The lowest BCUT2D eigenvalue weighted by atomic mass is 9.48. The van der Waals surface area contributed by atoms with Crippen molar-refractivity contribution in [3.8, 4) is 0 Å². The van der Waals surface area contributed by atoms with Gasteiger partial charge in [0.2, 0.25) is 0 Å². The van der Waals surface area contributed by atoms with Gasteiger partial charge in [-0.1, -0.05) is 440 Å². The Kier molecular flexibility index (Phi) is 62.5. The maximum Gasteiger partial charge on any atom is 0.0759 e. The van der Waals surface area contributed by atoms with E-state index in [-0.39, 0.29) is 10.8 Å². The van der Waals surface area contributed by atoms with Gasteiger partial charge in [-0.25, -0.2) is 0 Å². The topological polar surface area (TPSA) is 20.2 Å². The van der Waals surface area contributed by atoms with Crippen molar-refractivity contribution in [3.05, 3.63) is 0 Å². The van der Waals surface area contributed by atoms with E-state index in [1.54, 1.807) is 0 Å². The quantitative estimate of drug-likeness (QED) is 0.0602. The van der Waals surface area contributed by atoms with Crippen LogP contribution in [0.1, 0.15) is 485 Å². The van der Waals surface area contributed by atoms with Gasteiger partial charge in [-0.3, -0.25) is 0 Å². The second kappa shape index (κ2) is 62.5. The molecule has 0 saturated heterocycles. The fraction of sp³-hybridized carbons (Fsp3) is 1.00. The monoisotopic (exact) mass is 1110 g/mol. The van der Waals surface area contributed by atoms with Gasteiger partial charge in [0.25, 0.3) is 0 Å². The van der Waals surface area contributed by atoms with Crippen molar-refractivity contribution in [2.45, 2.75) is 491 Å². The fourth-order valence-electron chi connectivity index (χ4n) is 15.1. The lowest BCUT2D eigenvalue weighted by molar-refractivity contribution is -0.203. The summed E-state index contributed by atoms with van der Waals surface area (Å²) < 4.78 is 0. The first-order chi connectivity index (χ1) is 38.9. The molecule has 0 aromatic rings. The zero-order valence-electron chi connectivity index (χ0n) is 57.0. The number of rotatable bonds is 70. The number of hydrogen-bond donors (Lipinski definition) is 1. The van der Waals surface area contributed by atoms with Crippen LogP contribution in [0.2, 0.25) is 0 Å². The molecule has 1 nitrogen and oxygen atoms in total. The smallest absolute Gasteiger partial charge is 0.0759 e. The molecule has 0 aliphatic rings. The Morgan fingerprint density at radius 3 is 0.367 bits per heavy atom. The summed E-state index contributed by atoms with van der Waals surface area (Å²) in [5, 5.41) is 15.4. The van der Waals surface area contributed by atoms with E-state index in [1.807, 2.05) is 0 Å². The van der Waals surface area contributed by atoms with E-state index in [0.717, 1.165) is 6.42 Å². The highest BCUT2D eigenvalue weighted by Crippen LogP contribution is 2.61. The molecule has 0 heterocycles. The van der Waals surface area contributed by atoms with E-state index in [9.17, 15) is 0 Å². The van der Waals surface area contributed by atoms with E-state index < -0.39 is 5.60 Å². The van der Waals surface area contributed by atoms with Crippen molar-refractivity contribution >= 4 is 0 Å². The molecule has 0 aliphatic heterocycles. The van der Waals surface area contributed by atoms with Crippen LogP contribution in [0.3, 0.4) is 0 Å². The van der Waals surface area contributed by atoms with E-state index in [0.29, 0.717) is 0 Å². The minimum absolute atomic E-state index is 0.0385. The zero-order valence-corrected chi connectivity index (χ0v) is 57.0. The highest BCUT2D eigenvalue weighted by Gasteiger charge is 2.59. The van der Waals surface area contributed by atoms with Gasteiger partial charge in [0.1, 0.15) is 0 Å². The first-order valence-electron chi connectivity index (χ1n) is 38.6. The zero-order chi connectivity index (χ0) is 57.6. The average molecular weight is 1110 g/mol. The maximum absolute atomic E-state index is 15.4. The molecule has 0 fully saturated rings. The van der Waals surface area contributed by atoms with Crippen LogP contribution in [0.4, 0.5) is 0 Å². The highest BCUT2D eigenvalue weighted by molar-refractivity contribution is 5.10. The predicted octanol–water partition coefficient (Wildman–Crippen LogP) is 29.4. The summed E-state index contributed by atoms with van der Waals surface area (Å²) in [7, 11) is 0. The predicted molar refractivity (Wildman–Crippen MR) is 363 cm³/mol. The maximum atomic E-state index is 15.4. The molecule has 476 valence electrons. The Labute approximate surface area is 504 Å². The second-order valence-corrected chi connectivity index (χ2v) is 27.8. The summed E-state index contributed by atoms with van der Waals surface area (Å²) in [4.78, 5) is 0. The Balaban J connectivity index is 7.57. The van der Waals surface area contributed by atoms with Crippen LogP contribution in [-0.2, 0) is 0 Å². The van der Waals surface area contributed by atoms with Gasteiger partial charge in [0.05, 0.1) is 5.60 Å². The molecule has 0 radical (unpaired) electrons. The summed E-state index contributed by atoms with van der Waals surface area (Å²) >= 11 is 0. The lowest BCUT2D eigenvalue weighted by Gasteiger charge is -2.60. The van der Waals surface area contributed by atoms with E-state index in [4.69, 9.17) is 0 Å². The summed E-state index contributed by atoms with van der Waals surface area (Å²) in [5.74, 6) is 0. The molecule has 0 amide bonds. The Hall–Kier alpha value is -0.0400. The average Bonchev–Trinajstić information content (AvgIpc) is 3.61. The van der Waals surface area contributed by atoms with Crippen LogP contribution in [0.5, 0.6) is 0 Å². The minimum atomic E-state index is -0.578. The molecule has 0 rings (SSSR count). The van der Waals surface area contributed by atoms with Gasteiger partial charge >= 0.3 is 0 Å². The van der Waals surface area contributed by atoms with E-state index >= 15 is 5.11 Å². The van der Waals surface area contributed by atoms with Crippen molar-refractivity contribution in [3.63, 3.8) is 0 Å². The van der Waals surface area contributed by atoms with Crippen molar-refractivity contribution in [2.24, 2.45) is 10.8 Å². The molecule has 1 N–H and O–H groups in total. The lowest BCUT2D eigenvalue weighted by Crippen LogP contribution is -2.60. The van der Waals surface area contributed by atoms with Gasteiger partial charge in [0.15, 0.2) is 0 Å². The van der Waals surface area contributed by atoms with Crippen molar-refractivity contribution in [1.82, 2.24) is 0 Å². The summed E-state index contributed by atoms with van der Waals surface area (Å²) in [6, 6.07) is 0. The normalized spacial score (nSPS) is 13.1. The van der Waals surface area contributed by atoms with Crippen LogP contribution in [0.25, 0.3) is 0 Å². The van der Waals surface area contributed by atoms with Crippen LogP contribution in [-0.4, -0.2) is 10.7 Å². The standard InChI is InChI=1S/C78H158O/c1-8-15-22-29-36-43-44-45-46-47-53-60-67-74-77(72-65-58-51-40-33-26-19-12-5,73-66-59-52-41-34-27-20-13-6)78(79,75-68-61-54-42-35-28-21-14-7)76(69-62-55-48-37-30-23-16-9-2,70-63-56-49-38-31-24-17-10-3)71-64-57-50-39-32-25-18-11-4/h79H,8-75H2,1-7H3. The third-order valence-electron chi connectivity index (χ3n) is 20.5. The van der Waals surface area contributed by atoms with Crippen LogP contribution < -0.4 is 0 Å². The first-order valence-corrected chi connectivity index (χ1v) is 38.6. The largest absolute Gasteiger partial charge is 0.389 e. The molecule has 0 aromatic carbocycles. The third-order valence-corrected chi connectivity index (χ3v) is 20.5. The van der Waals surface area contributed by atoms with Gasteiger partial charge in [0, 0.05) is 0 Å². The summed E-state index contributed by atoms with van der Waals surface area (Å²) in [6.45, 7) is 16.6. The molecule has 0 saturated carbocycles. The van der Waals surface area contributed by atoms with Gasteiger partial charge in [-0.15, -0.1) is 0 Å². The molecule has 1 atom stereocenters. The number of hydrogen-bond acceptors (Lipinski definition) is 1. The molecular weight excluding hydrogens is 953 g/mol. The molecule has 0 aromatic heterocycles. The molecule has 0 aliphatic carbocycles. The molecular formula is C78H158O. The summed E-state index contributed by atoms with van der Waals surface area (Å²) in [5.41, 5.74) is -0.501. The fourth-order valence-corrected chi connectivity index (χ4v) is 15.1. The molecule has 0 bridgehead atoms. The Morgan fingerprint density at radius 1 is 0.139 bits per heavy atom. The summed E-state index contributed by atoms with van der Waals surface area (Å²) in [6.07, 6.45) is 94.3. The van der Waals surface area contributed by atoms with Gasteiger partial charge < -0.3 is 5.11 Å². The van der Waals surface area contributed by atoms with Crippen molar-refractivity contribution < 1.29 is 5.11 Å². The molecule has 1 unspecified atom stereocenters. The first kappa shape index (κ1) is 79.0. The Bertz CT molecular complexity index is 1040. The third kappa shape index (κ3) is 45.0. The van der Waals surface area contributed by atoms with Crippen molar-refractivity contribution in [2.75, 3.05) is 0 Å². The second-order valence-electron chi connectivity index (χ2n) is 27.8.